The van der Waals surface area contributed by atoms with E-state index in [1.165, 1.54) is 0 Å². The largest absolute Gasteiger partial charge is 0.444 e. The molecule has 0 radical (unpaired) electrons. The van der Waals surface area contributed by atoms with Crippen molar-refractivity contribution in [3.63, 3.8) is 0 Å². The number of aliphatic hydroxyl groups is 1. The van der Waals surface area contributed by atoms with Crippen molar-refractivity contribution in [3.05, 3.63) is 34.9 Å². The highest BCUT2D eigenvalue weighted by molar-refractivity contribution is 5.93. The van der Waals surface area contributed by atoms with Crippen LogP contribution in [0.5, 0.6) is 0 Å². The molecule has 9 heteroatoms. The van der Waals surface area contributed by atoms with Crippen LogP contribution in [-0.4, -0.2) is 57.3 Å². The Labute approximate surface area is 215 Å². The van der Waals surface area contributed by atoms with Crippen LogP contribution >= 0.6 is 0 Å². The van der Waals surface area contributed by atoms with Crippen LogP contribution in [0.15, 0.2) is 22.8 Å². The first-order chi connectivity index (χ1) is 16.4. The number of carbonyl (C=O) groups is 1. The molecule has 0 aromatic carbocycles. The number of ether oxygens (including phenoxy) is 1. The molecule has 0 aliphatic carbocycles. The van der Waals surface area contributed by atoms with Crippen LogP contribution in [0.4, 0.5) is 15.0 Å². The number of nitrogens with two attached hydrogens (primary N) is 1. The molecule has 4 N–H and O–H groups in total. The summed E-state index contributed by atoms with van der Waals surface area (Å²) in [4.78, 5) is 23.0. The number of amidine groups is 1. The number of hydrogen-bond donors (Lipinski definition) is 3. The lowest BCUT2D eigenvalue weighted by Crippen LogP contribution is -2.51. The monoisotopic (exact) mass is 505 g/mol. The van der Waals surface area contributed by atoms with Gasteiger partial charge < -0.3 is 25.8 Å². The van der Waals surface area contributed by atoms with E-state index in [2.05, 4.69) is 15.3 Å². The number of rotatable bonds is 6. The maximum Gasteiger partial charge on any atom is 0.410 e. The number of allylic oxidation sites excluding steroid dienone is 1. The molecule has 0 spiro atoms. The Hall–Kier alpha value is -2.68. The van der Waals surface area contributed by atoms with Gasteiger partial charge >= 0.3 is 6.09 Å². The van der Waals surface area contributed by atoms with E-state index in [1.807, 2.05) is 55.4 Å². The maximum atomic E-state index is 14.9. The third-order valence-corrected chi connectivity index (χ3v) is 6.01. The van der Waals surface area contributed by atoms with Crippen molar-refractivity contribution < 1.29 is 19.0 Å². The Morgan fingerprint density at radius 2 is 2.03 bits per heavy atom. The molecule has 0 unspecified atom stereocenters. The van der Waals surface area contributed by atoms with Crippen LogP contribution < -0.4 is 11.1 Å². The Balaban J connectivity index is 2.26. The van der Waals surface area contributed by atoms with Crippen LogP contribution in [0.3, 0.4) is 0 Å². The summed E-state index contributed by atoms with van der Waals surface area (Å²) in [7, 11) is 0. The number of carbonyl (C=O) groups excluding carboxylic acids is 1. The molecular weight excluding hydrogens is 461 g/mol. The second-order valence-electron chi connectivity index (χ2n) is 12.1. The number of aliphatic hydroxyl groups excluding tert-OH is 1. The number of halogens is 1. The SMILES string of the molecule is C/C(=C/C(N)=Nc1nc(C[C@@]2(CO)CCN(C(=O)OC(C)(C)C)[C@H](C)C2)cc(C)c1F)NC(C)(C)C. The smallest absolute Gasteiger partial charge is 0.410 e. The van der Waals surface area contributed by atoms with Crippen LogP contribution in [0.25, 0.3) is 0 Å². The van der Waals surface area contributed by atoms with Crippen LogP contribution in [0.1, 0.15) is 79.5 Å². The third-order valence-electron chi connectivity index (χ3n) is 6.01. The molecule has 1 aromatic rings. The van der Waals surface area contributed by atoms with Crippen molar-refractivity contribution in [3.8, 4) is 0 Å². The summed E-state index contributed by atoms with van der Waals surface area (Å²) in [6, 6.07) is 1.56. The third kappa shape index (κ3) is 8.47. The topological polar surface area (TPSA) is 113 Å². The van der Waals surface area contributed by atoms with Crippen molar-refractivity contribution in [2.24, 2.45) is 16.1 Å². The van der Waals surface area contributed by atoms with Gasteiger partial charge in [0.2, 0.25) is 0 Å². The summed E-state index contributed by atoms with van der Waals surface area (Å²) in [5.74, 6) is -0.458. The molecule has 0 bridgehead atoms. The van der Waals surface area contributed by atoms with E-state index in [1.54, 1.807) is 24.0 Å². The fourth-order valence-electron chi connectivity index (χ4n) is 4.63. The van der Waals surface area contributed by atoms with Crippen molar-refractivity contribution in [2.75, 3.05) is 13.2 Å². The molecule has 1 amide bonds. The lowest BCUT2D eigenvalue weighted by atomic mass is 9.73. The first kappa shape index (κ1) is 29.5. The van der Waals surface area contributed by atoms with Crippen molar-refractivity contribution >= 4 is 17.7 Å². The second kappa shape index (κ2) is 11.2. The number of hydrogen-bond acceptors (Lipinski definition) is 6. The summed E-state index contributed by atoms with van der Waals surface area (Å²) >= 11 is 0. The van der Waals surface area contributed by atoms with E-state index in [0.717, 1.165) is 5.70 Å². The van der Waals surface area contributed by atoms with Gasteiger partial charge in [-0.3, -0.25) is 0 Å². The summed E-state index contributed by atoms with van der Waals surface area (Å²) < 4.78 is 20.4. The first-order valence-corrected chi connectivity index (χ1v) is 12.5. The van der Waals surface area contributed by atoms with Gasteiger partial charge in [0.05, 0.1) is 0 Å². The number of aryl methyl sites for hydroxylation is 1. The fourth-order valence-corrected chi connectivity index (χ4v) is 4.63. The number of piperidine rings is 1. The van der Waals surface area contributed by atoms with Gasteiger partial charge in [-0.1, -0.05) is 0 Å². The number of amides is 1. The first-order valence-electron chi connectivity index (χ1n) is 12.5. The summed E-state index contributed by atoms with van der Waals surface area (Å²) in [5, 5.41) is 13.7. The standard InChI is InChI=1S/C27H44FN5O3/c1-17-12-20(30-23(22(17)28)31-21(29)13-18(2)32-25(4,5)6)15-27(16-34)10-11-33(19(3)14-27)24(35)36-26(7,8)9/h12-13,19,32,34H,10-11,14-16H2,1-9H3,(H2,29,30,31)/b18-13-/t19-,27-/m1/s1. The minimum absolute atomic E-state index is 0.0707. The molecule has 1 fully saturated rings. The number of aromatic nitrogens is 1. The number of nitrogens with one attached hydrogen (secondary N) is 1. The molecule has 36 heavy (non-hydrogen) atoms. The molecule has 1 aromatic heterocycles. The highest BCUT2D eigenvalue weighted by Gasteiger charge is 2.41. The minimum atomic E-state index is -0.576. The summed E-state index contributed by atoms with van der Waals surface area (Å²) in [6.45, 7) is 17.5. The second-order valence-corrected chi connectivity index (χ2v) is 12.1. The maximum absolute atomic E-state index is 14.9. The van der Waals surface area contributed by atoms with E-state index in [0.29, 0.717) is 37.1 Å². The Morgan fingerprint density at radius 1 is 1.39 bits per heavy atom. The van der Waals surface area contributed by atoms with Gasteiger partial charge in [0, 0.05) is 41.5 Å². The highest BCUT2D eigenvalue weighted by Crippen LogP contribution is 2.38. The number of likely N-dealkylation sites (tertiary alicyclic amines) is 1. The lowest BCUT2D eigenvalue weighted by Gasteiger charge is -2.44. The van der Waals surface area contributed by atoms with Gasteiger partial charge in [-0.15, -0.1) is 0 Å². The minimum Gasteiger partial charge on any atom is -0.444 e. The molecule has 1 saturated heterocycles. The molecule has 1 aliphatic heterocycles. The highest BCUT2D eigenvalue weighted by atomic mass is 19.1. The van der Waals surface area contributed by atoms with Gasteiger partial charge in [-0.25, -0.2) is 19.2 Å². The number of nitrogens with zero attached hydrogens (tertiary/aromatic N) is 3. The number of aliphatic imine (C=N–C) groups is 1. The fraction of sp³-hybridized carbons (Fsp3) is 0.667. The Morgan fingerprint density at radius 3 is 2.56 bits per heavy atom. The zero-order chi connectivity index (χ0) is 27.5. The van der Waals surface area contributed by atoms with Crippen LogP contribution in [-0.2, 0) is 11.2 Å². The lowest BCUT2D eigenvalue weighted by molar-refractivity contribution is -0.0181. The van der Waals surface area contributed by atoms with Gasteiger partial charge in [0.1, 0.15) is 11.4 Å². The van der Waals surface area contributed by atoms with Gasteiger partial charge in [-0.05, 0) is 99.3 Å². The molecule has 1 aliphatic rings. The summed E-state index contributed by atoms with van der Waals surface area (Å²) in [5.41, 5.74) is 6.71. The van der Waals surface area contributed by atoms with Crippen LogP contribution in [0, 0.1) is 18.2 Å². The van der Waals surface area contributed by atoms with E-state index in [4.69, 9.17) is 10.5 Å². The molecule has 2 rings (SSSR count). The Kier molecular flexibility index (Phi) is 9.15. The average molecular weight is 506 g/mol. The average Bonchev–Trinajstić information content (AvgIpc) is 2.68. The number of pyridine rings is 1. The van der Waals surface area contributed by atoms with Crippen molar-refractivity contribution in [1.82, 2.24) is 15.2 Å². The molecule has 202 valence electrons. The normalized spacial score (nSPS) is 22.0. The van der Waals surface area contributed by atoms with Crippen molar-refractivity contribution in [1.29, 1.82) is 0 Å². The van der Waals surface area contributed by atoms with E-state index in [-0.39, 0.29) is 35.9 Å². The molecule has 8 nitrogen and oxygen atoms in total. The zero-order valence-electron chi connectivity index (χ0n) is 23.3. The molecular formula is C27H44FN5O3. The zero-order valence-corrected chi connectivity index (χ0v) is 23.3. The van der Waals surface area contributed by atoms with Gasteiger partial charge in [0.25, 0.3) is 0 Å². The predicted molar refractivity (Wildman–Crippen MR) is 142 cm³/mol. The van der Waals surface area contributed by atoms with E-state index < -0.39 is 16.8 Å². The molecule has 2 atom stereocenters. The van der Waals surface area contributed by atoms with Gasteiger partial charge in [0.15, 0.2) is 11.6 Å². The van der Waals surface area contributed by atoms with Crippen molar-refractivity contribution in [2.45, 2.75) is 98.8 Å². The van der Waals surface area contributed by atoms with Crippen LogP contribution in [0.2, 0.25) is 0 Å². The van der Waals surface area contributed by atoms with E-state index in [9.17, 15) is 14.3 Å². The quantitative estimate of drug-likeness (QED) is 0.380. The summed E-state index contributed by atoms with van der Waals surface area (Å²) in [6.07, 6.45) is 2.88. The Bertz CT molecular complexity index is 1010. The van der Waals surface area contributed by atoms with Gasteiger partial charge in [-0.2, -0.15) is 0 Å². The molecule has 2 heterocycles. The predicted octanol–water partition coefficient (Wildman–Crippen LogP) is 4.75. The van der Waals surface area contributed by atoms with E-state index >= 15 is 0 Å². The molecule has 0 saturated carbocycles.